The van der Waals surface area contributed by atoms with Crippen LogP contribution in [0.1, 0.15) is 29.1 Å². The summed E-state index contributed by atoms with van der Waals surface area (Å²) in [5.41, 5.74) is 3.54. The Morgan fingerprint density at radius 2 is 1.97 bits per heavy atom. The fourth-order valence-electron chi connectivity index (χ4n) is 3.46. The van der Waals surface area contributed by atoms with Crippen LogP contribution in [-0.4, -0.2) is 28.5 Å². The standard InChI is InChI=1S/C22H20ClN5O/c23-17-5-7-19(8-6-17)28-10-9-20(22(28)29)25-13-18-14-26-21(27-18)11-15-1-3-16(12-24)4-2-15/h1-8,14,20,25H,9-11,13H2,(H,26,27). The van der Waals surface area contributed by atoms with E-state index in [1.54, 1.807) is 35.4 Å². The monoisotopic (exact) mass is 405 g/mol. The van der Waals surface area contributed by atoms with Crippen molar-refractivity contribution in [3.05, 3.63) is 82.4 Å². The number of nitrogens with one attached hydrogen (secondary N) is 2. The van der Waals surface area contributed by atoms with Crippen LogP contribution in [0.15, 0.2) is 54.7 Å². The van der Waals surface area contributed by atoms with Gasteiger partial charge in [-0.15, -0.1) is 0 Å². The third-order valence-electron chi connectivity index (χ3n) is 5.02. The number of H-pyrrole nitrogens is 1. The van der Waals surface area contributed by atoms with E-state index in [-0.39, 0.29) is 11.9 Å². The number of halogens is 1. The lowest BCUT2D eigenvalue weighted by Gasteiger charge is -2.17. The van der Waals surface area contributed by atoms with Gasteiger partial charge in [-0.1, -0.05) is 23.7 Å². The van der Waals surface area contributed by atoms with Crippen molar-refractivity contribution in [2.24, 2.45) is 0 Å². The van der Waals surface area contributed by atoms with Gasteiger partial charge in [-0.3, -0.25) is 4.79 Å². The molecule has 1 aromatic heterocycles. The summed E-state index contributed by atoms with van der Waals surface area (Å²) in [6, 6.07) is 16.7. The third-order valence-corrected chi connectivity index (χ3v) is 5.27. The molecular formula is C22H20ClN5O. The SMILES string of the molecule is N#Cc1ccc(Cc2ncc(CNC3CCN(c4ccc(Cl)cc4)C3=O)[nH]2)cc1. The number of benzene rings is 2. The minimum absolute atomic E-state index is 0.0737. The van der Waals surface area contributed by atoms with Gasteiger partial charge in [-0.05, 0) is 48.4 Å². The maximum absolute atomic E-state index is 12.7. The zero-order valence-electron chi connectivity index (χ0n) is 15.7. The third kappa shape index (κ3) is 4.48. The average Bonchev–Trinajstić information content (AvgIpc) is 3.34. The summed E-state index contributed by atoms with van der Waals surface area (Å²) in [4.78, 5) is 22.2. The molecule has 0 radical (unpaired) electrons. The molecule has 1 atom stereocenters. The maximum Gasteiger partial charge on any atom is 0.244 e. The lowest BCUT2D eigenvalue weighted by molar-refractivity contribution is -0.118. The van der Waals surface area contributed by atoms with Crippen molar-refractivity contribution < 1.29 is 4.79 Å². The first-order chi connectivity index (χ1) is 14.1. The van der Waals surface area contributed by atoms with Crippen molar-refractivity contribution in [1.82, 2.24) is 15.3 Å². The maximum atomic E-state index is 12.7. The highest BCUT2D eigenvalue weighted by Crippen LogP contribution is 2.23. The Morgan fingerprint density at radius 1 is 1.21 bits per heavy atom. The van der Waals surface area contributed by atoms with Gasteiger partial charge in [0.25, 0.3) is 0 Å². The molecule has 1 aliphatic heterocycles. The van der Waals surface area contributed by atoms with E-state index in [4.69, 9.17) is 16.9 Å². The molecule has 6 nitrogen and oxygen atoms in total. The molecular weight excluding hydrogens is 386 g/mol. The molecule has 1 unspecified atom stereocenters. The number of nitriles is 1. The van der Waals surface area contributed by atoms with E-state index in [1.807, 2.05) is 24.3 Å². The number of aromatic amines is 1. The van der Waals surface area contributed by atoms with Gasteiger partial charge in [0.2, 0.25) is 5.91 Å². The fourth-order valence-corrected chi connectivity index (χ4v) is 3.58. The van der Waals surface area contributed by atoms with E-state index in [0.717, 1.165) is 29.2 Å². The fraction of sp³-hybridized carbons (Fsp3) is 0.227. The molecule has 2 N–H and O–H groups in total. The van der Waals surface area contributed by atoms with Crippen LogP contribution in [0.25, 0.3) is 0 Å². The van der Waals surface area contributed by atoms with E-state index in [2.05, 4.69) is 21.4 Å². The first-order valence-electron chi connectivity index (χ1n) is 9.44. The summed E-state index contributed by atoms with van der Waals surface area (Å²) in [5.74, 6) is 0.927. The summed E-state index contributed by atoms with van der Waals surface area (Å²) in [5, 5.41) is 12.9. The predicted molar refractivity (Wildman–Crippen MR) is 112 cm³/mol. The molecule has 0 spiro atoms. The minimum atomic E-state index is -0.212. The van der Waals surface area contributed by atoms with Gasteiger partial charge >= 0.3 is 0 Å². The molecule has 7 heteroatoms. The molecule has 1 fully saturated rings. The first-order valence-corrected chi connectivity index (χ1v) is 9.82. The number of hydrogen-bond donors (Lipinski definition) is 2. The number of nitrogens with zero attached hydrogens (tertiary/aromatic N) is 3. The average molecular weight is 406 g/mol. The number of rotatable bonds is 6. The number of carbonyl (C=O) groups excluding carboxylic acids is 1. The molecule has 29 heavy (non-hydrogen) atoms. The van der Waals surface area contributed by atoms with Crippen molar-refractivity contribution >= 4 is 23.2 Å². The van der Waals surface area contributed by atoms with Gasteiger partial charge in [-0.25, -0.2) is 4.98 Å². The lowest BCUT2D eigenvalue weighted by Crippen LogP contribution is -2.38. The van der Waals surface area contributed by atoms with Crippen LogP contribution in [0, 0.1) is 11.3 Å². The van der Waals surface area contributed by atoms with Gasteiger partial charge in [0.1, 0.15) is 5.82 Å². The number of anilines is 1. The van der Waals surface area contributed by atoms with Crippen molar-refractivity contribution in [3.8, 4) is 6.07 Å². The van der Waals surface area contributed by atoms with E-state index in [0.29, 0.717) is 30.1 Å². The van der Waals surface area contributed by atoms with Gasteiger partial charge < -0.3 is 15.2 Å². The summed E-state index contributed by atoms with van der Waals surface area (Å²) in [6.45, 7) is 1.23. The highest BCUT2D eigenvalue weighted by Gasteiger charge is 2.32. The Labute approximate surface area is 174 Å². The Morgan fingerprint density at radius 3 is 2.69 bits per heavy atom. The van der Waals surface area contributed by atoms with Crippen molar-refractivity contribution in [2.75, 3.05) is 11.4 Å². The smallest absolute Gasteiger partial charge is 0.244 e. The summed E-state index contributed by atoms with van der Waals surface area (Å²) in [7, 11) is 0. The van der Waals surface area contributed by atoms with E-state index in [9.17, 15) is 4.79 Å². The van der Waals surface area contributed by atoms with Crippen molar-refractivity contribution in [1.29, 1.82) is 5.26 Å². The quantitative estimate of drug-likeness (QED) is 0.658. The molecule has 1 aliphatic rings. The largest absolute Gasteiger partial charge is 0.345 e. The first kappa shape index (κ1) is 19.2. The Hall–Kier alpha value is -3.14. The van der Waals surface area contributed by atoms with Crippen LogP contribution < -0.4 is 10.2 Å². The van der Waals surface area contributed by atoms with Gasteiger partial charge in [0, 0.05) is 42.1 Å². The normalized spacial score (nSPS) is 16.2. The van der Waals surface area contributed by atoms with Gasteiger partial charge in [0.15, 0.2) is 0 Å². The number of carbonyl (C=O) groups is 1. The molecule has 2 aromatic carbocycles. The van der Waals surface area contributed by atoms with Crippen LogP contribution in [0.5, 0.6) is 0 Å². The molecule has 0 saturated carbocycles. The second-order valence-electron chi connectivity index (χ2n) is 7.03. The number of hydrogen-bond acceptors (Lipinski definition) is 4. The van der Waals surface area contributed by atoms with Crippen LogP contribution >= 0.6 is 11.6 Å². The minimum Gasteiger partial charge on any atom is -0.345 e. The zero-order valence-corrected chi connectivity index (χ0v) is 16.5. The second-order valence-corrected chi connectivity index (χ2v) is 7.47. The number of imidazole rings is 1. The number of amides is 1. The Bertz CT molecular complexity index is 1040. The van der Waals surface area contributed by atoms with Gasteiger partial charge in [-0.2, -0.15) is 5.26 Å². The van der Waals surface area contributed by atoms with Crippen LogP contribution in [0.3, 0.4) is 0 Å². The van der Waals surface area contributed by atoms with Crippen molar-refractivity contribution in [2.45, 2.75) is 25.4 Å². The second kappa shape index (κ2) is 8.48. The molecule has 0 aliphatic carbocycles. The molecule has 3 aromatic rings. The van der Waals surface area contributed by atoms with E-state index >= 15 is 0 Å². The summed E-state index contributed by atoms with van der Waals surface area (Å²) in [6.07, 6.45) is 3.22. The topological polar surface area (TPSA) is 84.8 Å². The number of aromatic nitrogens is 2. The van der Waals surface area contributed by atoms with E-state index in [1.165, 1.54) is 0 Å². The molecule has 146 valence electrons. The van der Waals surface area contributed by atoms with Crippen molar-refractivity contribution in [3.63, 3.8) is 0 Å². The van der Waals surface area contributed by atoms with Crippen LogP contribution in [-0.2, 0) is 17.8 Å². The molecule has 4 rings (SSSR count). The highest BCUT2D eigenvalue weighted by molar-refractivity contribution is 6.30. The summed E-state index contributed by atoms with van der Waals surface area (Å²) >= 11 is 5.93. The lowest BCUT2D eigenvalue weighted by atomic mass is 10.1. The molecule has 1 amide bonds. The zero-order chi connectivity index (χ0) is 20.2. The predicted octanol–water partition coefficient (Wildman–Crippen LogP) is 3.42. The summed E-state index contributed by atoms with van der Waals surface area (Å²) < 4.78 is 0. The highest BCUT2D eigenvalue weighted by atomic mass is 35.5. The van der Waals surface area contributed by atoms with Gasteiger partial charge in [0.05, 0.1) is 17.7 Å². The van der Waals surface area contributed by atoms with E-state index < -0.39 is 0 Å². The molecule has 1 saturated heterocycles. The Balaban J connectivity index is 1.32. The van der Waals surface area contributed by atoms with Crippen LogP contribution in [0.4, 0.5) is 5.69 Å². The molecule has 0 bridgehead atoms. The van der Waals surface area contributed by atoms with Crippen LogP contribution in [0.2, 0.25) is 5.02 Å². The Kier molecular flexibility index (Phi) is 5.61. The molecule has 2 heterocycles.